The average Bonchev–Trinajstić information content (AvgIpc) is 3.11. The predicted octanol–water partition coefficient (Wildman–Crippen LogP) is 2.00. The van der Waals surface area contributed by atoms with E-state index in [1.54, 1.807) is 18.2 Å². The van der Waals surface area contributed by atoms with Crippen molar-refractivity contribution in [3.8, 4) is 17.6 Å². The maximum atomic E-state index is 9.95. The lowest BCUT2D eigenvalue weighted by molar-refractivity contribution is 0.0340. The average molecular weight is 364 g/mol. The van der Waals surface area contributed by atoms with E-state index in [9.17, 15) is 10.4 Å². The van der Waals surface area contributed by atoms with Gasteiger partial charge in [-0.2, -0.15) is 5.26 Å². The van der Waals surface area contributed by atoms with Crippen LogP contribution in [0.25, 0.3) is 0 Å². The van der Waals surface area contributed by atoms with Gasteiger partial charge in [-0.05, 0) is 23.3 Å². The van der Waals surface area contributed by atoms with Crippen LogP contribution >= 0.6 is 0 Å². The van der Waals surface area contributed by atoms with Crippen LogP contribution in [0.2, 0.25) is 0 Å². The van der Waals surface area contributed by atoms with Gasteiger partial charge in [-0.3, -0.25) is 0 Å². The Kier molecular flexibility index (Phi) is 4.36. The van der Waals surface area contributed by atoms with Crippen LogP contribution in [-0.2, 0) is 4.74 Å². The van der Waals surface area contributed by atoms with Gasteiger partial charge in [0.05, 0.1) is 18.7 Å². The molecule has 2 aromatic rings. The highest BCUT2D eigenvalue weighted by Gasteiger charge is 2.49. The lowest BCUT2D eigenvalue weighted by atomic mass is 9.74. The van der Waals surface area contributed by atoms with Crippen molar-refractivity contribution in [1.29, 1.82) is 5.26 Å². The van der Waals surface area contributed by atoms with E-state index in [0.29, 0.717) is 11.3 Å². The van der Waals surface area contributed by atoms with Gasteiger partial charge in [0.25, 0.3) is 0 Å². The number of rotatable bonds is 3. The maximum Gasteiger partial charge on any atom is 0.200 e. The molecule has 7 heteroatoms. The third kappa shape index (κ3) is 2.85. The lowest BCUT2D eigenvalue weighted by Gasteiger charge is -2.36. The summed E-state index contributed by atoms with van der Waals surface area (Å²) < 4.78 is 11.0. The molecule has 0 radical (unpaired) electrons. The molecule has 4 unspecified atom stereocenters. The number of hydrazine groups is 1. The van der Waals surface area contributed by atoms with Gasteiger partial charge in [-0.25, -0.2) is 10.9 Å². The molecule has 4 atom stereocenters. The van der Waals surface area contributed by atoms with Crippen molar-refractivity contribution >= 4 is 0 Å². The molecular weight excluding hydrogens is 344 g/mol. The van der Waals surface area contributed by atoms with Crippen LogP contribution in [-0.4, -0.2) is 18.4 Å². The van der Waals surface area contributed by atoms with Crippen molar-refractivity contribution in [3.05, 3.63) is 71.1 Å². The van der Waals surface area contributed by atoms with Gasteiger partial charge in [-0.15, -0.1) is 0 Å². The molecule has 0 saturated carbocycles. The molecule has 0 bridgehead atoms. The summed E-state index contributed by atoms with van der Waals surface area (Å²) in [7, 11) is 1.49. The molecule has 2 aliphatic heterocycles. The molecule has 2 aliphatic rings. The second kappa shape index (κ2) is 6.83. The normalized spacial score (nSPS) is 26.8. The van der Waals surface area contributed by atoms with E-state index in [2.05, 4.69) is 16.9 Å². The minimum Gasteiger partial charge on any atom is -0.504 e. The molecule has 0 spiro atoms. The van der Waals surface area contributed by atoms with Gasteiger partial charge < -0.3 is 20.3 Å². The van der Waals surface area contributed by atoms with E-state index in [0.717, 1.165) is 11.1 Å². The first-order valence-corrected chi connectivity index (χ1v) is 8.63. The summed E-state index contributed by atoms with van der Waals surface area (Å²) in [5.74, 6) is 0.0579. The van der Waals surface area contributed by atoms with Crippen LogP contribution in [0.1, 0.15) is 23.1 Å². The fourth-order valence-electron chi connectivity index (χ4n) is 3.93. The summed E-state index contributed by atoms with van der Waals surface area (Å²) in [6, 6.07) is 17.2. The van der Waals surface area contributed by atoms with Crippen molar-refractivity contribution in [2.75, 3.05) is 7.11 Å². The SMILES string of the molecule is COc1cc(C2C(C#N)=C(N)OC3NNC(c4ccccc4)C32)ccc1O. The predicted molar refractivity (Wildman–Crippen MR) is 98.0 cm³/mol. The first kappa shape index (κ1) is 17.2. The Morgan fingerprint density at radius 2 is 1.93 bits per heavy atom. The molecule has 2 heterocycles. The molecule has 4 rings (SSSR count). The summed E-state index contributed by atoms with van der Waals surface area (Å²) in [5, 5.41) is 19.7. The number of fused-ring (bicyclic) bond motifs is 1. The molecule has 1 fully saturated rings. The molecule has 27 heavy (non-hydrogen) atoms. The number of nitrogens with zero attached hydrogens (tertiary/aromatic N) is 1. The van der Waals surface area contributed by atoms with Crippen LogP contribution in [0.5, 0.6) is 11.5 Å². The number of benzene rings is 2. The quantitative estimate of drug-likeness (QED) is 0.659. The monoisotopic (exact) mass is 364 g/mol. The van der Waals surface area contributed by atoms with Gasteiger partial charge in [-0.1, -0.05) is 36.4 Å². The maximum absolute atomic E-state index is 9.95. The van der Waals surface area contributed by atoms with Gasteiger partial charge in [0.15, 0.2) is 17.7 Å². The minimum absolute atomic E-state index is 0.0441. The zero-order chi connectivity index (χ0) is 19.0. The highest BCUT2D eigenvalue weighted by atomic mass is 16.5. The third-order valence-electron chi connectivity index (χ3n) is 5.17. The number of hydrogen-bond acceptors (Lipinski definition) is 7. The second-order valence-corrected chi connectivity index (χ2v) is 6.59. The van der Waals surface area contributed by atoms with Crippen molar-refractivity contribution in [1.82, 2.24) is 10.9 Å². The minimum atomic E-state index is -0.392. The Bertz CT molecular complexity index is 923. The van der Waals surface area contributed by atoms with Crippen molar-refractivity contribution in [2.24, 2.45) is 11.7 Å². The number of aromatic hydroxyl groups is 1. The Morgan fingerprint density at radius 3 is 2.63 bits per heavy atom. The van der Waals surface area contributed by atoms with Gasteiger partial charge in [0.1, 0.15) is 6.07 Å². The number of nitrogens with one attached hydrogen (secondary N) is 2. The fraction of sp³-hybridized carbons (Fsp3) is 0.250. The summed E-state index contributed by atoms with van der Waals surface area (Å²) >= 11 is 0. The highest BCUT2D eigenvalue weighted by molar-refractivity contribution is 5.48. The summed E-state index contributed by atoms with van der Waals surface area (Å²) in [4.78, 5) is 0. The van der Waals surface area contributed by atoms with Gasteiger partial charge in [0, 0.05) is 11.8 Å². The largest absolute Gasteiger partial charge is 0.504 e. The van der Waals surface area contributed by atoms with Crippen molar-refractivity contribution < 1.29 is 14.6 Å². The Hall–Kier alpha value is -3.21. The molecule has 1 saturated heterocycles. The Labute approximate surface area is 157 Å². The van der Waals surface area contributed by atoms with Crippen LogP contribution in [0.3, 0.4) is 0 Å². The standard InChI is InChI=1S/C20H20N4O3/c1-26-15-9-12(7-8-14(15)25)16-13(10-21)19(22)27-20-17(16)18(23-24-20)11-5-3-2-4-6-11/h2-9,16-18,20,23-25H,22H2,1H3. The van der Waals surface area contributed by atoms with E-state index >= 15 is 0 Å². The number of methoxy groups -OCH3 is 1. The number of phenolic OH excluding ortho intramolecular Hbond substituents is 1. The van der Waals surface area contributed by atoms with Crippen LogP contribution in [0.15, 0.2) is 60.0 Å². The number of allylic oxidation sites excluding steroid dienone is 1. The molecule has 0 amide bonds. The summed E-state index contributed by atoms with van der Waals surface area (Å²) in [6.07, 6.45) is -0.392. The van der Waals surface area contributed by atoms with E-state index < -0.39 is 6.23 Å². The first-order valence-electron chi connectivity index (χ1n) is 8.63. The number of nitriles is 1. The van der Waals surface area contributed by atoms with E-state index in [1.165, 1.54) is 7.11 Å². The van der Waals surface area contributed by atoms with E-state index in [1.807, 2.05) is 30.3 Å². The van der Waals surface area contributed by atoms with Gasteiger partial charge in [0.2, 0.25) is 5.88 Å². The van der Waals surface area contributed by atoms with Crippen LogP contribution < -0.4 is 21.3 Å². The molecule has 0 aliphatic carbocycles. The van der Waals surface area contributed by atoms with Crippen LogP contribution in [0.4, 0.5) is 0 Å². The van der Waals surface area contributed by atoms with Crippen LogP contribution in [0, 0.1) is 17.2 Å². The molecule has 5 N–H and O–H groups in total. The second-order valence-electron chi connectivity index (χ2n) is 6.59. The molecule has 2 aromatic carbocycles. The number of nitrogens with two attached hydrogens (primary N) is 1. The molecular formula is C20H20N4O3. The van der Waals surface area contributed by atoms with Gasteiger partial charge >= 0.3 is 0 Å². The molecule has 7 nitrogen and oxygen atoms in total. The summed E-state index contributed by atoms with van der Waals surface area (Å²) in [6.45, 7) is 0. The third-order valence-corrected chi connectivity index (χ3v) is 5.17. The van der Waals surface area contributed by atoms with E-state index in [4.69, 9.17) is 15.2 Å². The Morgan fingerprint density at radius 1 is 1.15 bits per heavy atom. The zero-order valence-corrected chi connectivity index (χ0v) is 14.7. The number of ether oxygens (including phenoxy) is 2. The van der Waals surface area contributed by atoms with E-state index in [-0.39, 0.29) is 29.5 Å². The first-order chi connectivity index (χ1) is 13.1. The Balaban J connectivity index is 1.84. The van der Waals surface area contributed by atoms with Crippen molar-refractivity contribution in [2.45, 2.75) is 18.2 Å². The topological polar surface area (TPSA) is 113 Å². The smallest absolute Gasteiger partial charge is 0.200 e. The summed E-state index contributed by atoms with van der Waals surface area (Å²) in [5.41, 5.74) is 14.7. The lowest BCUT2D eigenvalue weighted by Crippen LogP contribution is -2.40. The highest BCUT2D eigenvalue weighted by Crippen LogP contribution is 2.48. The molecule has 138 valence electrons. The zero-order valence-electron chi connectivity index (χ0n) is 14.7. The number of phenols is 1. The number of hydrogen-bond donors (Lipinski definition) is 4. The fourth-order valence-corrected chi connectivity index (χ4v) is 3.93. The van der Waals surface area contributed by atoms with Crippen molar-refractivity contribution in [3.63, 3.8) is 0 Å². The molecule has 0 aromatic heterocycles.